The van der Waals surface area contributed by atoms with Gasteiger partial charge in [0, 0.05) is 16.5 Å². The fourth-order valence-corrected chi connectivity index (χ4v) is 4.16. The molecule has 0 aliphatic carbocycles. The van der Waals surface area contributed by atoms with Crippen LogP contribution >= 0.6 is 11.3 Å². The number of rotatable bonds is 3. The van der Waals surface area contributed by atoms with Crippen molar-refractivity contribution in [2.75, 3.05) is 12.4 Å². The SMILES string of the molecule is COc1cccc(O)c1-c1csc2c1C(=O)C(F)(c1ccccc1)C(=O)N2. The van der Waals surface area contributed by atoms with Crippen molar-refractivity contribution >= 4 is 28.0 Å². The second-order valence-corrected chi connectivity index (χ2v) is 6.90. The van der Waals surface area contributed by atoms with E-state index in [1.807, 2.05) is 0 Å². The molecule has 2 heterocycles. The molecule has 0 fully saturated rings. The predicted octanol–water partition coefficient (Wildman–Crippen LogP) is 4.13. The summed E-state index contributed by atoms with van der Waals surface area (Å²) in [4.78, 5) is 25.6. The van der Waals surface area contributed by atoms with Gasteiger partial charge in [-0.15, -0.1) is 11.3 Å². The lowest BCUT2D eigenvalue weighted by Crippen LogP contribution is -2.47. The summed E-state index contributed by atoms with van der Waals surface area (Å²) in [7, 11) is 1.43. The molecule has 1 aliphatic heterocycles. The highest BCUT2D eigenvalue weighted by Gasteiger charge is 2.53. The maximum atomic E-state index is 15.8. The number of carbonyl (C=O) groups excluding carboxylic acids is 2. The number of phenolic OH excluding ortho intramolecular Hbond substituents is 1. The maximum Gasteiger partial charge on any atom is 0.275 e. The molecular weight excluding hydrogens is 369 g/mol. The van der Waals surface area contributed by atoms with Gasteiger partial charge in [-0.2, -0.15) is 0 Å². The summed E-state index contributed by atoms with van der Waals surface area (Å²) < 4.78 is 21.1. The van der Waals surface area contributed by atoms with Crippen LogP contribution in [0.1, 0.15) is 15.9 Å². The Morgan fingerprint density at radius 2 is 1.81 bits per heavy atom. The number of alkyl halides is 1. The van der Waals surface area contributed by atoms with E-state index in [1.54, 1.807) is 35.7 Å². The number of Topliss-reactive ketones (excluding diaryl/α,β-unsaturated/α-hetero) is 1. The Kier molecular flexibility index (Phi) is 3.96. The van der Waals surface area contributed by atoms with E-state index in [9.17, 15) is 14.7 Å². The molecule has 1 amide bonds. The van der Waals surface area contributed by atoms with Crippen molar-refractivity contribution in [1.29, 1.82) is 0 Å². The Balaban J connectivity index is 1.94. The second-order valence-electron chi connectivity index (χ2n) is 6.02. The highest BCUT2D eigenvalue weighted by Crippen LogP contribution is 2.49. The topological polar surface area (TPSA) is 75.6 Å². The standard InChI is InChI=1S/C20H14FNO4S/c1-26-14-9-5-8-13(23)15(14)12-10-27-18-16(12)17(24)20(21,19(25)22-18)11-6-3-2-4-7-11/h2-10,23H,1H3,(H,22,25). The summed E-state index contributed by atoms with van der Waals surface area (Å²) in [6.45, 7) is 0. The Bertz CT molecular complexity index is 1060. The quantitative estimate of drug-likeness (QED) is 0.667. The number of hydrogen-bond acceptors (Lipinski definition) is 5. The largest absolute Gasteiger partial charge is 0.507 e. The molecular formula is C20H14FNO4S. The summed E-state index contributed by atoms with van der Waals surface area (Å²) in [5, 5.41) is 14.6. The molecule has 1 atom stereocenters. The second kappa shape index (κ2) is 6.21. The first-order chi connectivity index (χ1) is 13.0. The summed E-state index contributed by atoms with van der Waals surface area (Å²) in [6, 6.07) is 12.3. The minimum Gasteiger partial charge on any atom is -0.507 e. The van der Waals surface area contributed by atoms with Crippen molar-refractivity contribution in [2.24, 2.45) is 0 Å². The molecule has 27 heavy (non-hydrogen) atoms. The number of hydrogen-bond donors (Lipinski definition) is 2. The van der Waals surface area contributed by atoms with Gasteiger partial charge in [-0.05, 0) is 12.1 Å². The lowest BCUT2D eigenvalue weighted by Gasteiger charge is -2.28. The third kappa shape index (κ3) is 2.43. The number of thiophene rings is 1. The van der Waals surface area contributed by atoms with Crippen LogP contribution in [0.2, 0.25) is 0 Å². The number of aromatic hydroxyl groups is 1. The molecule has 2 aromatic carbocycles. The van der Waals surface area contributed by atoms with E-state index in [1.165, 1.54) is 25.3 Å². The molecule has 1 aliphatic rings. The van der Waals surface area contributed by atoms with Gasteiger partial charge in [-0.25, -0.2) is 4.39 Å². The summed E-state index contributed by atoms with van der Waals surface area (Å²) in [6.07, 6.45) is 0. The summed E-state index contributed by atoms with van der Waals surface area (Å²) >= 11 is 1.09. The molecule has 7 heteroatoms. The van der Waals surface area contributed by atoms with E-state index >= 15 is 4.39 Å². The third-order valence-corrected chi connectivity index (χ3v) is 5.43. The van der Waals surface area contributed by atoms with Gasteiger partial charge in [0.05, 0.1) is 18.2 Å². The molecule has 0 saturated heterocycles. The van der Waals surface area contributed by atoms with Crippen LogP contribution in [0.15, 0.2) is 53.9 Å². The zero-order valence-corrected chi connectivity index (χ0v) is 15.0. The molecule has 1 aromatic heterocycles. The number of ether oxygens (including phenoxy) is 1. The van der Waals surface area contributed by atoms with Gasteiger partial charge < -0.3 is 15.2 Å². The van der Waals surface area contributed by atoms with Gasteiger partial charge >= 0.3 is 0 Å². The van der Waals surface area contributed by atoms with E-state index in [0.717, 1.165) is 11.3 Å². The fourth-order valence-electron chi connectivity index (χ4n) is 3.21. The monoisotopic (exact) mass is 383 g/mol. The van der Waals surface area contributed by atoms with E-state index in [2.05, 4.69) is 5.32 Å². The van der Waals surface area contributed by atoms with Gasteiger partial charge in [-0.1, -0.05) is 36.4 Å². The average molecular weight is 383 g/mol. The number of fused-ring (bicyclic) bond motifs is 1. The normalized spacial score (nSPS) is 18.7. The molecule has 0 saturated carbocycles. The first kappa shape index (κ1) is 17.2. The highest BCUT2D eigenvalue weighted by atomic mass is 32.1. The first-order valence-electron chi connectivity index (χ1n) is 8.07. The van der Waals surface area contributed by atoms with Gasteiger partial charge in [0.15, 0.2) is 0 Å². The number of phenols is 1. The molecule has 0 spiro atoms. The van der Waals surface area contributed by atoms with Crippen molar-refractivity contribution in [3.8, 4) is 22.6 Å². The molecule has 2 N–H and O–H groups in total. The molecule has 5 nitrogen and oxygen atoms in total. The minimum absolute atomic E-state index is 0.0192. The molecule has 1 unspecified atom stereocenters. The van der Waals surface area contributed by atoms with Crippen LogP contribution in [0, 0.1) is 0 Å². The van der Waals surface area contributed by atoms with Gasteiger partial charge in [-0.3, -0.25) is 9.59 Å². The average Bonchev–Trinajstić information content (AvgIpc) is 3.09. The molecule has 0 radical (unpaired) electrons. The first-order valence-corrected chi connectivity index (χ1v) is 8.95. The fraction of sp³-hybridized carbons (Fsp3) is 0.100. The van der Waals surface area contributed by atoms with Crippen molar-refractivity contribution in [3.05, 3.63) is 65.0 Å². The Labute approximate surface area is 158 Å². The maximum absolute atomic E-state index is 15.8. The molecule has 4 rings (SSSR count). The number of halogens is 1. The van der Waals surface area contributed by atoms with Crippen LogP contribution in [-0.2, 0) is 10.5 Å². The number of ketones is 1. The van der Waals surface area contributed by atoms with Crippen LogP contribution in [0.5, 0.6) is 11.5 Å². The summed E-state index contributed by atoms with van der Waals surface area (Å²) in [5.74, 6) is -1.76. The predicted molar refractivity (Wildman–Crippen MR) is 100 cm³/mol. The Morgan fingerprint density at radius 3 is 2.52 bits per heavy atom. The van der Waals surface area contributed by atoms with Gasteiger partial charge in [0.2, 0.25) is 5.78 Å². The highest BCUT2D eigenvalue weighted by molar-refractivity contribution is 7.15. The van der Waals surface area contributed by atoms with Crippen molar-refractivity contribution in [3.63, 3.8) is 0 Å². The van der Waals surface area contributed by atoms with Crippen LogP contribution < -0.4 is 10.1 Å². The van der Waals surface area contributed by atoms with E-state index in [0.29, 0.717) is 11.3 Å². The van der Waals surface area contributed by atoms with Crippen molar-refractivity contribution < 1.29 is 23.8 Å². The molecule has 3 aromatic rings. The van der Waals surface area contributed by atoms with Crippen molar-refractivity contribution in [2.45, 2.75) is 5.67 Å². The number of nitrogens with one attached hydrogen (secondary N) is 1. The zero-order valence-electron chi connectivity index (χ0n) is 14.2. The minimum atomic E-state index is -2.85. The molecule has 136 valence electrons. The number of anilines is 1. The number of methoxy groups -OCH3 is 1. The summed E-state index contributed by atoms with van der Waals surface area (Å²) in [5.41, 5.74) is -2.28. The third-order valence-electron chi connectivity index (χ3n) is 4.54. The lowest BCUT2D eigenvalue weighted by atomic mass is 9.83. The van der Waals surface area contributed by atoms with Crippen LogP contribution in [-0.4, -0.2) is 23.9 Å². The van der Waals surface area contributed by atoms with Crippen LogP contribution in [0.3, 0.4) is 0 Å². The Morgan fingerprint density at radius 1 is 1.07 bits per heavy atom. The Hall–Kier alpha value is -3.19. The van der Waals surface area contributed by atoms with Crippen molar-refractivity contribution in [1.82, 2.24) is 0 Å². The van der Waals surface area contributed by atoms with Crippen LogP contribution in [0.25, 0.3) is 11.1 Å². The smallest absolute Gasteiger partial charge is 0.275 e. The van der Waals surface area contributed by atoms with E-state index in [4.69, 9.17) is 4.74 Å². The van der Waals surface area contributed by atoms with E-state index in [-0.39, 0.29) is 27.4 Å². The number of carbonyl (C=O) groups is 2. The van der Waals surface area contributed by atoms with Gasteiger partial charge in [0.25, 0.3) is 11.6 Å². The number of amides is 1. The lowest BCUT2D eigenvalue weighted by molar-refractivity contribution is -0.125. The zero-order chi connectivity index (χ0) is 19.2. The molecule has 0 bridgehead atoms. The number of benzene rings is 2. The van der Waals surface area contributed by atoms with E-state index < -0.39 is 17.4 Å². The van der Waals surface area contributed by atoms with Gasteiger partial charge in [0.1, 0.15) is 16.5 Å². The van der Waals surface area contributed by atoms with Crippen LogP contribution in [0.4, 0.5) is 9.39 Å².